The molecule has 30 heavy (non-hydrogen) atoms. The Bertz CT molecular complexity index is 1410. The lowest BCUT2D eigenvalue weighted by Gasteiger charge is -2.15. The maximum absolute atomic E-state index is 12.2. The van der Waals surface area contributed by atoms with Gasteiger partial charge in [0.05, 0.1) is 16.7 Å². The molecule has 6 N–H and O–H groups in total. The average Bonchev–Trinajstić information content (AvgIpc) is 2.99. The molecule has 0 aliphatic carbocycles. The van der Waals surface area contributed by atoms with E-state index in [-0.39, 0.29) is 29.3 Å². The molecule has 0 saturated carbocycles. The van der Waals surface area contributed by atoms with Crippen LogP contribution in [0.1, 0.15) is 27.0 Å². The van der Waals surface area contributed by atoms with Crippen LogP contribution in [0, 0.1) is 25.7 Å². The number of benzene rings is 2. The van der Waals surface area contributed by atoms with E-state index in [1.807, 2.05) is 6.92 Å². The second kappa shape index (κ2) is 7.06. The molecule has 0 bridgehead atoms. The summed E-state index contributed by atoms with van der Waals surface area (Å²) in [4.78, 5) is 21.5. The topological polar surface area (TPSA) is 140 Å². The molecule has 0 radical (unpaired) electrons. The van der Waals surface area contributed by atoms with Crippen molar-refractivity contribution >= 4 is 33.9 Å². The van der Waals surface area contributed by atoms with E-state index in [9.17, 15) is 9.90 Å². The number of aryl methyl sites for hydroxylation is 1. The highest BCUT2D eigenvalue weighted by molar-refractivity contribution is 6.10. The Morgan fingerprint density at radius 3 is 2.63 bits per heavy atom. The summed E-state index contributed by atoms with van der Waals surface area (Å²) in [6.07, 6.45) is 0. The normalized spacial score (nSPS) is 10.9. The van der Waals surface area contributed by atoms with E-state index < -0.39 is 5.91 Å². The first-order chi connectivity index (χ1) is 14.3. The molecule has 1 amide bonds. The third kappa shape index (κ3) is 2.89. The van der Waals surface area contributed by atoms with Crippen molar-refractivity contribution in [2.45, 2.75) is 13.8 Å². The number of rotatable bonds is 2. The zero-order valence-electron chi connectivity index (χ0n) is 16.4. The molecule has 0 aliphatic heterocycles. The van der Waals surface area contributed by atoms with Crippen molar-refractivity contribution in [1.29, 1.82) is 0 Å². The van der Waals surface area contributed by atoms with Crippen LogP contribution in [0.4, 0.5) is 5.82 Å². The minimum Gasteiger partial charge on any atom is -0.508 e. The number of phenols is 1. The van der Waals surface area contributed by atoms with Crippen molar-refractivity contribution in [3.05, 3.63) is 52.6 Å². The molecule has 0 aliphatic rings. The molecule has 0 unspecified atom stereocenters. The van der Waals surface area contributed by atoms with Gasteiger partial charge in [0.15, 0.2) is 5.65 Å². The Morgan fingerprint density at radius 1 is 1.17 bits per heavy atom. The standard InChI is InChI=1S/C22H19N5O3/c1-11-5-8-16(29)12(2)19(11)27-20(23)17(21(24)30)18-22(27)26-15-10-13(4-3-9-28)6-7-14(15)25-18/h5-8,10,28-29H,9,23H2,1-2H3,(H2,24,30). The van der Waals surface area contributed by atoms with Gasteiger partial charge in [-0.1, -0.05) is 17.9 Å². The number of carbonyl (C=O) groups excluding carboxylic acids is 1. The lowest BCUT2D eigenvalue weighted by atomic mass is 10.1. The smallest absolute Gasteiger partial charge is 0.254 e. The first-order valence-electron chi connectivity index (χ1n) is 9.14. The maximum atomic E-state index is 12.2. The van der Waals surface area contributed by atoms with Gasteiger partial charge in [-0.25, -0.2) is 9.97 Å². The van der Waals surface area contributed by atoms with Gasteiger partial charge in [-0.15, -0.1) is 0 Å². The molecule has 0 atom stereocenters. The van der Waals surface area contributed by atoms with E-state index in [0.29, 0.717) is 33.5 Å². The first kappa shape index (κ1) is 19.2. The lowest BCUT2D eigenvalue weighted by Crippen LogP contribution is -2.14. The number of nitrogens with zero attached hydrogens (tertiary/aromatic N) is 3. The maximum Gasteiger partial charge on any atom is 0.254 e. The number of hydrogen-bond donors (Lipinski definition) is 4. The molecular formula is C22H19N5O3. The van der Waals surface area contributed by atoms with Crippen LogP contribution < -0.4 is 11.5 Å². The number of nitrogens with two attached hydrogens (primary N) is 2. The summed E-state index contributed by atoms with van der Waals surface area (Å²) < 4.78 is 1.60. The Kier molecular flexibility index (Phi) is 4.53. The Morgan fingerprint density at radius 2 is 1.93 bits per heavy atom. The Hall–Kier alpha value is -4.09. The number of aliphatic hydroxyl groups excluding tert-OH is 1. The molecule has 2 aromatic heterocycles. The quantitative estimate of drug-likeness (QED) is 0.378. The highest BCUT2D eigenvalue weighted by Crippen LogP contribution is 2.35. The second-order valence-electron chi connectivity index (χ2n) is 6.89. The number of aliphatic hydroxyl groups is 1. The third-order valence-corrected chi connectivity index (χ3v) is 4.98. The first-order valence-corrected chi connectivity index (χ1v) is 9.14. The van der Waals surface area contributed by atoms with Crippen molar-refractivity contribution < 1.29 is 15.0 Å². The van der Waals surface area contributed by atoms with Crippen molar-refractivity contribution in [3.63, 3.8) is 0 Å². The highest BCUT2D eigenvalue weighted by Gasteiger charge is 2.25. The van der Waals surface area contributed by atoms with Crippen LogP contribution in [0.3, 0.4) is 0 Å². The second-order valence-corrected chi connectivity index (χ2v) is 6.89. The van der Waals surface area contributed by atoms with Crippen LogP contribution in [0.15, 0.2) is 30.3 Å². The van der Waals surface area contributed by atoms with E-state index in [1.54, 1.807) is 41.8 Å². The summed E-state index contributed by atoms with van der Waals surface area (Å²) in [5, 5.41) is 19.2. The van der Waals surface area contributed by atoms with E-state index in [4.69, 9.17) is 21.6 Å². The van der Waals surface area contributed by atoms with Crippen LogP contribution in [-0.2, 0) is 0 Å². The highest BCUT2D eigenvalue weighted by atomic mass is 16.3. The monoisotopic (exact) mass is 401 g/mol. The van der Waals surface area contributed by atoms with Gasteiger partial charge in [0, 0.05) is 11.1 Å². The summed E-state index contributed by atoms with van der Waals surface area (Å²) in [5.74, 6) is 4.91. The summed E-state index contributed by atoms with van der Waals surface area (Å²) in [6, 6.07) is 8.57. The van der Waals surface area contributed by atoms with Crippen LogP contribution >= 0.6 is 0 Å². The van der Waals surface area contributed by atoms with Gasteiger partial charge >= 0.3 is 0 Å². The van der Waals surface area contributed by atoms with Crippen LogP contribution in [0.2, 0.25) is 0 Å². The van der Waals surface area contributed by atoms with E-state index in [2.05, 4.69) is 16.8 Å². The number of aromatic hydroxyl groups is 1. The predicted molar refractivity (Wildman–Crippen MR) is 114 cm³/mol. The van der Waals surface area contributed by atoms with Crippen molar-refractivity contribution in [1.82, 2.24) is 14.5 Å². The van der Waals surface area contributed by atoms with Gasteiger partial charge in [-0.2, -0.15) is 0 Å². The van der Waals surface area contributed by atoms with Crippen LogP contribution in [0.5, 0.6) is 5.75 Å². The summed E-state index contributed by atoms with van der Waals surface area (Å²) >= 11 is 0. The number of aromatic nitrogens is 3. The lowest BCUT2D eigenvalue weighted by molar-refractivity contribution is 0.100. The van der Waals surface area contributed by atoms with Gasteiger partial charge in [0.1, 0.15) is 29.3 Å². The van der Waals surface area contributed by atoms with Gasteiger partial charge in [-0.05, 0) is 43.7 Å². The fraction of sp³-hybridized carbons (Fsp3) is 0.136. The summed E-state index contributed by atoms with van der Waals surface area (Å²) in [7, 11) is 0. The molecule has 0 fully saturated rings. The van der Waals surface area contributed by atoms with Crippen molar-refractivity contribution in [2.75, 3.05) is 12.3 Å². The number of carbonyl (C=O) groups is 1. The Labute approximate surface area is 171 Å². The van der Waals surface area contributed by atoms with Gasteiger partial charge < -0.3 is 21.7 Å². The average molecular weight is 401 g/mol. The van der Waals surface area contributed by atoms with Crippen molar-refractivity contribution in [3.8, 4) is 23.3 Å². The molecular weight excluding hydrogens is 382 g/mol. The molecule has 0 saturated heterocycles. The fourth-order valence-electron chi connectivity index (χ4n) is 3.57. The minimum absolute atomic E-state index is 0.0747. The number of primary amides is 1. The van der Waals surface area contributed by atoms with Crippen LogP contribution in [-0.4, -0.2) is 37.3 Å². The van der Waals surface area contributed by atoms with E-state index >= 15 is 0 Å². The van der Waals surface area contributed by atoms with Gasteiger partial charge in [0.2, 0.25) is 0 Å². The molecule has 4 rings (SSSR count). The molecule has 0 spiro atoms. The number of anilines is 1. The molecule has 8 heteroatoms. The summed E-state index contributed by atoms with van der Waals surface area (Å²) in [6.45, 7) is 3.37. The van der Waals surface area contributed by atoms with E-state index in [1.165, 1.54) is 0 Å². The zero-order chi connectivity index (χ0) is 21.6. The fourth-order valence-corrected chi connectivity index (χ4v) is 3.57. The van der Waals surface area contributed by atoms with Crippen LogP contribution in [0.25, 0.3) is 27.9 Å². The molecule has 150 valence electrons. The minimum atomic E-state index is -0.717. The number of amides is 1. The largest absolute Gasteiger partial charge is 0.508 e. The molecule has 2 heterocycles. The predicted octanol–water partition coefficient (Wildman–Crippen LogP) is 1.92. The molecule has 2 aromatic carbocycles. The third-order valence-electron chi connectivity index (χ3n) is 4.98. The molecule has 4 aromatic rings. The number of nitrogen functional groups attached to an aromatic ring is 1. The summed E-state index contributed by atoms with van der Waals surface area (Å²) in [5.41, 5.74) is 16.4. The zero-order valence-corrected chi connectivity index (χ0v) is 16.4. The van der Waals surface area contributed by atoms with Crippen molar-refractivity contribution in [2.24, 2.45) is 5.73 Å². The Balaban J connectivity index is 2.14. The van der Waals surface area contributed by atoms with E-state index in [0.717, 1.165) is 5.56 Å². The molecule has 8 nitrogen and oxygen atoms in total. The van der Waals surface area contributed by atoms with Gasteiger partial charge in [-0.3, -0.25) is 9.36 Å². The number of fused-ring (bicyclic) bond motifs is 2. The SMILES string of the molecule is Cc1ccc(O)c(C)c1-n1c(N)c(C(N)=O)c2nc3ccc(C#CCO)cc3nc21. The number of hydrogen-bond acceptors (Lipinski definition) is 6. The number of phenolic OH excluding ortho intramolecular Hbond substituents is 1. The van der Waals surface area contributed by atoms with Gasteiger partial charge in [0.25, 0.3) is 5.91 Å².